The highest BCUT2D eigenvalue weighted by Gasteiger charge is 1.61. The molecule has 0 aliphatic carbocycles. The Labute approximate surface area is 48.9 Å². The second-order valence-electron chi connectivity index (χ2n) is 1.04. The fraction of sp³-hybridized carbons (Fsp3) is 0.500. The molecule has 0 bridgehead atoms. The Balaban J connectivity index is 0. The number of hydrogen-bond donors (Lipinski definition) is 0. The first-order valence-corrected chi connectivity index (χ1v) is 2.26. The molecule has 0 aromatic heterocycles. The molecule has 8 heavy (non-hydrogen) atoms. The summed E-state index contributed by atoms with van der Waals surface area (Å²) in [4.78, 5) is 16.2. The number of hydrogen-bond acceptors (Lipinski definition) is 2. The number of rotatable bonds is 1. The highest BCUT2D eigenvalue weighted by Crippen LogP contribution is 1.77. The van der Waals surface area contributed by atoms with Crippen molar-refractivity contribution in [2.45, 2.75) is 19.8 Å². The third kappa shape index (κ3) is 86.8. The lowest BCUT2D eigenvalue weighted by Crippen LogP contribution is -1.53. The zero-order valence-corrected chi connectivity index (χ0v) is 4.81. The van der Waals surface area contributed by atoms with E-state index in [1.54, 1.807) is 0 Å². The van der Waals surface area contributed by atoms with Gasteiger partial charge in [0.05, 0.1) is 0 Å². The van der Waals surface area contributed by atoms with Crippen molar-refractivity contribution >= 4 is 6.15 Å². The SMILES string of the molecule is C#CCCC.O=C=O. The molecule has 2 heteroatoms. The fourth-order valence-corrected chi connectivity index (χ4v) is 0.144. The van der Waals surface area contributed by atoms with Crippen molar-refractivity contribution in [2.75, 3.05) is 0 Å². The Morgan fingerprint density at radius 2 is 1.88 bits per heavy atom. The molecule has 0 aliphatic heterocycles. The van der Waals surface area contributed by atoms with E-state index in [0.717, 1.165) is 12.8 Å². The van der Waals surface area contributed by atoms with Gasteiger partial charge in [-0.2, -0.15) is 9.59 Å². The molecule has 0 aliphatic rings. The molecule has 44 valence electrons. The zero-order valence-electron chi connectivity index (χ0n) is 4.81. The molecular formula is C6H8O2. The van der Waals surface area contributed by atoms with Gasteiger partial charge in [-0.15, -0.1) is 12.3 Å². The van der Waals surface area contributed by atoms with E-state index in [4.69, 9.17) is 16.0 Å². The lowest BCUT2D eigenvalue weighted by Gasteiger charge is -1.69. The molecule has 2 nitrogen and oxygen atoms in total. The van der Waals surface area contributed by atoms with Crippen molar-refractivity contribution in [3.05, 3.63) is 0 Å². The molecule has 0 fully saturated rings. The summed E-state index contributed by atoms with van der Waals surface area (Å²) >= 11 is 0. The maximum absolute atomic E-state index is 8.12. The molecule has 0 atom stereocenters. The van der Waals surface area contributed by atoms with Gasteiger partial charge in [0, 0.05) is 6.42 Å². The first kappa shape index (κ1) is 10.0. The summed E-state index contributed by atoms with van der Waals surface area (Å²) in [6.45, 7) is 2.07. The van der Waals surface area contributed by atoms with Gasteiger partial charge < -0.3 is 0 Å². The zero-order chi connectivity index (χ0) is 6.83. The summed E-state index contributed by atoms with van der Waals surface area (Å²) in [6.07, 6.45) is 7.16. The summed E-state index contributed by atoms with van der Waals surface area (Å²) in [5, 5.41) is 0. The minimum atomic E-state index is 0.250. The lowest BCUT2D eigenvalue weighted by molar-refractivity contribution is -0.191. The van der Waals surface area contributed by atoms with Gasteiger partial charge in [0.1, 0.15) is 0 Å². The van der Waals surface area contributed by atoms with E-state index < -0.39 is 0 Å². The molecule has 0 saturated heterocycles. The van der Waals surface area contributed by atoms with Crippen LogP contribution in [0.15, 0.2) is 0 Å². The van der Waals surface area contributed by atoms with Gasteiger partial charge in [-0.3, -0.25) is 0 Å². The van der Waals surface area contributed by atoms with Gasteiger partial charge in [-0.25, -0.2) is 0 Å². The fourth-order valence-electron chi connectivity index (χ4n) is 0.144. The topological polar surface area (TPSA) is 34.1 Å². The van der Waals surface area contributed by atoms with E-state index in [-0.39, 0.29) is 6.15 Å². The lowest BCUT2D eigenvalue weighted by atomic mass is 10.4. The van der Waals surface area contributed by atoms with Gasteiger partial charge in [0.2, 0.25) is 0 Å². The van der Waals surface area contributed by atoms with E-state index in [2.05, 4.69) is 12.8 Å². The first-order valence-electron chi connectivity index (χ1n) is 2.26. The Hall–Kier alpha value is -1.06. The van der Waals surface area contributed by atoms with Crippen molar-refractivity contribution in [3.63, 3.8) is 0 Å². The summed E-state index contributed by atoms with van der Waals surface area (Å²) in [7, 11) is 0. The van der Waals surface area contributed by atoms with Crippen LogP contribution in [0.1, 0.15) is 19.8 Å². The monoisotopic (exact) mass is 112 g/mol. The van der Waals surface area contributed by atoms with Crippen LogP contribution in [0, 0.1) is 12.3 Å². The van der Waals surface area contributed by atoms with Gasteiger partial charge in [0.15, 0.2) is 0 Å². The van der Waals surface area contributed by atoms with Gasteiger partial charge >= 0.3 is 6.15 Å². The molecule has 0 N–H and O–H groups in total. The first-order chi connectivity index (χ1) is 3.83. The van der Waals surface area contributed by atoms with Crippen LogP contribution in [0.2, 0.25) is 0 Å². The van der Waals surface area contributed by atoms with E-state index in [1.807, 2.05) is 0 Å². The van der Waals surface area contributed by atoms with Crippen molar-refractivity contribution < 1.29 is 9.59 Å². The Kier molecular flexibility index (Phi) is 21.0. The molecule has 0 spiro atoms. The van der Waals surface area contributed by atoms with Crippen LogP contribution in [-0.4, -0.2) is 6.15 Å². The highest BCUT2D eigenvalue weighted by atomic mass is 16.2. The molecule has 0 aromatic rings. The molecule has 0 aromatic carbocycles. The predicted octanol–water partition coefficient (Wildman–Crippen LogP) is 0.836. The van der Waals surface area contributed by atoms with Crippen molar-refractivity contribution in [1.82, 2.24) is 0 Å². The molecule has 0 saturated carbocycles. The minimum absolute atomic E-state index is 0.250. The Morgan fingerprint density at radius 3 is 1.88 bits per heavy atom. The quantitative estimate of drug-likeness (QED) is 0.471. The third-order valence-corrected chi connectivity index (χ3v) is 0.394. The largest absolute Gasteiger partial charge is 0.373 e. The van der Waals surface area contributed by atoms with E-state index >= 15 is 0 Å². The number of carbonyl (C=O) groups excluding carboxylic acids is 2. The average Bonchev–Trinajstić information content (AvgIpc) is 1.71. The van der Waals surface area contributed by atoms with Gasteiger partial charge in [-0.1, -0.05) is 6.92 Å². The van der Waals surface area contributed by atoms with Gasteiger partial charge in [0.25, 0.3) is 0 Å². The minimum Gasteiger partial charge on any atom is -0.186 e. The van der Waals surface area contributed by atoms with Crippen molar-refractivity contribution in [2.24, 2.45) is 0 Å². The number of unbranched alkanes of at least 4 members (excludes halogenated alkanes) is 1. The highest BCUT2D eigenvalue weighted by molar-refractivity contribution is 5.20. The molecule has 0 amide bonds. The standard InChI is InChI=1S/C5H8.CO2/c1-3-5-4-2;2-1-3/h1H,4-5H2,2H3;. The van der Waals surface area contributed by atoms with Crippen LogP contribution in [0.25, 0.3) is 0 Å². The molecule has 0 radical (unpaired) electrons. The summed E-state index contributed by atoms with van der Waals surface area (Å²) in [5.74, 6) is 2.52. The molecule has 0 rings (SSSR count). The average molecular weight is 112 g/mol. The second kappa shape index (κ2) is 16.8. The van der Waals surface area contributed by atoms with Gasteiger partial charge in [-0.05, 0) is 6.42 Å². The van der Waals surface area contributed by atoms with Crippen LogP contribution in [-0.2, 0) is 9.59 Å². The van der Waals surface area contributed by atoms with Crippen LogP contribution in [0.4, 0.5) is 0 Å². The Bertz CT molecular complexity index is 93.6. The summed E-state index contributed by atoms with van der Waals surface area (Å²) in [6, 6.07) is 0. The van der Waals surface area contributed by atoms with E-state index in [1.165, 1.54) is 0 Å². The molecular weight excluding hydrogens is 104 g/mol. The summed E-state index contributed by atoms with van der Waals surface area (Å²) < 4.78 is 0. The van der Waals surface area contributed by atoms with Crippen LogP contribution < -0.4 is 0 Å². The smallest absolute Gasteiger partial charge is 0.186 e. The number of terminal acetylenes is 1. The normalized spacial score (nSPS) is 5.00. The van der Waals surface area contributed by atoms with Crippen LogP contribution in [0.5, 0.6) is 0 Å². The Morgan fingerprint density at radius 1 is 1.50 bits per heavy atom. The third-order valence-electron chi connectivity index (χ3n) is 0.394. The van der Waals surface area contributed by atoms with Crippen molar-refractivity contribution in [1.29, 1.82) is 0 Å². The predicted molar refractivity (Wildman–Crippen MR) is 28.7 cm³/mol. The van der Waals surface area contributed by atoms with E-state index in [0.29, 0.717) is 0 Å². The second-order valence-corrected chi connectivity index (χ2v) is 1.04. The molecule has 0 unspecified atom stereocenters. The summed E-state index contributed by atoms with van der Waals surface area (Å²) in [5.41, 5.74) is 0. The maximum Gasteiger partial charge on any atom is 0.373 e. The molecule has 0 heterocycles. The van der Waals surface area contributed by atoms with Crippen LogP contribution in [0.3, 0.4) is 0 Å². The van der Waals surface area contributed by atoms with Crippen molar-refractivity contribution in [3.8, 4) is 12.3 Å². The van der Waals surface area contributed by atoms with Crippen LogP contribution >= 0.6 is 0 Å². The maximum atomic E-state index is 8.12. The van der Waals surface area contributed by atoms with E-state index in [9.17, 15) is 0 Å².